The van der Waals surface area contributed by atoms with Crippen molar-refractivity contribution < 1.29 is 13.2 Å². The number of hydrogen-bond acceptors (Lipinski definition) is 5. The van der Waals surface area contributed by atoms with E-state index in [1.807, 2.05) is 0 Å². The molecule has 114 valence electrons. The van der Waals surface area contributed by atoms with Gasteiger partial charge in [0.1, 0.15) is 9.36 Å². The Labute approximate surface area is 131 Å². The lowest BCUT2D eigenvalue weighted by atomic mass is 10.3. The van der Waals surface area contributed by atoms with Crippen LogP contribution in [0.25, 0.3) is 10.2 Å². The van der Waals surface area contributed by atoms with Gasteiger partial charge in [-0.2, -0.15) is 4.72 Å². The molecule has 2 heterocycles. The molecule has 0 fully saturated rings. The topological polar surface area (TPSA) is 88.2 Å². The molecule has 1 unspecified atom stereocenters. The molecule has 1 amide bonds. The lowest BCUT2D eigenvalue weighted by Gasteiger charge is -2.12. The number of carbonyl (C=O) groups is 1. The predicted molar refractivity (Wildman–Crippen MR) is 83.1 cm³/mol. The van der Waals surface area contributed by atoms with E-state index in [-0.39, 0.29) is 10.1 Å². The van der Waals surface area contributed by atoms with Gasteiger partial charge >= 0.3 is 0 Å². The SMILES string of the molecule is CCNC(=O)C(C)NS(=O)(=O)c1cc2nc(Cl)ccc2s1. The molecule has 2 aromatic heterocycles. The van der Waals surface area contributed by atoms with E-state index < -0.39 is 16.1 Å². The first-order valence-electron chi connectivity index (χ1n) is 6.19. The van der Waals surface area contributed by atoms with Crippen molar-refractivity contribution in [1.82, 2.24) is 15.0 Å². The lowest BCUT2D eigenvalue weighted by Crippen LogP contribution is -2.44. The summed E-state index contributed by atoms with van der Waals surface area (Å²) >= 11 is 6.86. The van der Waals surface area contributed by atoms with Crippen LogP contribution in [0.2, 0.25) is 5.15 Å². The largest absolute Gasteiger partial charge is 0.355 e. The van der Waals surface area contributed by atoms with Crippen LogP contribution >= 0.6 is 22.9 Å². The minimum Gasteiger partial charge on any atom is -0.355 e. The molecule has 0 aliphatic heterocycles. The number of nitrogens with one attached hydrogen (secondary N) is 2. The average molecular weight is 348 g/mol. The highest BCUT2D eigenvalue weighted by Gasteiger charge is 2.23. The number of aromatic nitrogens is 1. The van der Waals surface area contributed by atoms with Gasteiger partial charge in [-0.3, -0.25) is 4.79 Å². The van der Waals surface area contributed by atoms with Gasteiger partial charge < -0.3 is 5.32 Å². The zero-order chi connectivity index (χ0) is 15.6. The van der Waals surface area contributed by atoms with Gasteiger partial charge in [0.2, 0.25) is 5.91 Å². The maximum Gasteiger partial charge on any atom is 0.250 e. The van der Waals surface area contributed by atoms with Crippen molar-refractivity contribution in [2.75, 3.05) is 6.54 Å². The van der Waals surface area contributed by atoms with Crippen molar-refractivity contribution >= 4 is 49.1 Å². The quantitative estimate of drug-likeness (QED) is 0.806. The fourth-order valence-electron chi connectivity index (χ4n) is 1.68. The first-order valence-corrected chi connectivity index (χ1v) is 8.87. The smallest absolute Gasteiger partial charge is 0.250 e. The number of sulfonamides is 1. The molecule has 0 radical (unpaired) electrons. The minimum absolute atomic E-state index is 0.100. The second-order valence-electron chi connectivity index (χ2n) is 4.32. The van der Waals surface area contributed by atoms with Gasteiger partial charge in [0.25, 0.3) is 10.0 Å². The van der Waals surface area contributed by atoms with Gasteiger partial charge in [-0.15, -0.1) is 11.3 Å². The monoisotopic (exact) mass is 347 g/mol. The van der Waals surface area contributed by atoms with Crippen LogP contribution in [0.4, 0.5) is 0 Å². The fourth-order valence-corrected chi connectivity index (χ4v) is 4.38. The van der Waals surface area contributed by atoms with Gasteiger partial charge in [0, 0.05) is 6.54 Å². The number of fused-ring (bicyclic) bond motifs is 1. The van der Waals surface area contributed by atoms with E-state index in [1.54, 1.807) is 19.1 Å². The van der Waals surface area contributed by atoms with Crippen LogP contribution in [0.5, 0.6) is 0 Å². The standard InChI is InChI=1S/C12H14ClN3O3S2/c1-3-14-12(17)7(2)16-21(18,19)11-6-8-9(20-11)4-5-10(13)15-8/h4-7,16H,3H2,1-2H3,(H,14,17). The van der Waals surface area contributed by atoms with Crippen LogP contribution in [-0.2, 0) is 14.8 Å². The van der Waals surface area contributed by atoms with Gasteiger partial charge in [-0.25, -0.2) is 13.4 Å². The summed E-state index contributed by atoms with van der Waals surface area (Å²) in [6.45, 7) is 3.70. The maximum atomic E-state index is 12.3. The van der Waals surface area contributed by atoms with Crippen molar-refractivity contribution in [2.45, 2.75) is 24.1 Å². The molecule has 0 saturated heterocycles. The molecule has 0 aromatic carbocycles. The van der Waals surface area contributed by atoms with Crippen LogP contribution in [0, 0.1) is 0 Å². The summed E-state index contributed by atoms with van der Waals surface area (Å²) in [7, 11) is -3.77. The Bertz CT molecular complexity index is 773. The molecule has 2 rings (SSSR count). The highest BCUT2D eigenvalue weighted by Crippen LogP contribution is 2.28. The first kappa shape index (κ1) is 16.2. The van der Waals surface area contributed by atoms with Gasteiger partial charge in [0.05, 0.1) is 16.3 Å². The summed E-state index contributed by atoms with van der Waals surface area (Å²) in [5, 5.41) is 2.86. The number of rotatable bonds is 5. The van der Waals surface area contributed by atoms with E-state index >= 15 is 0 Å². The number of amides is 1. The van der Waals surface area contributed by atoms with Crippen LogP contribution < -0.4 is 10.0 Å². The number of halogens is 1. The predicted octanol–water partition coefficient (Wildman–Crippen LogP) is 1.75. The minimum atomic E-state index is -3.77. The highest BCUT2D eigenvalue weighted by molar-refractivity contribution is 7.91. The molecule has 6 nitrogen and oxygen atoms in total. The molecular formula is C12H14ClN3O3S2. The van der Waals surface area contributed by atoms with Crippen LogP contribution in [0.15, 0.2) is 22.4 Å². The Hall–Kier alpha value is -1.22. The van der Waals surface area contributed by atoms with Gasteiger partial charge in [-0.1, -0.05) is 11.6 Å². The maximum absolute atomic E-state index is 12.3. The molecule has 1 atom stereocenters. The van der Waals surface area contributed by atoms with E-state index in [1.165, 1.54) is 13.0 Å². The third-order valence-electron chi connectivity index (χ3n) is 2.66. The van der Waals surface area contributed by atoms with Gasteiger partial charge in [0.15, 0.2) is 0 Å². The van der Waals surface area contributed by atoms with Crippen molar-refractivity contribution in [3.05, 3.63) is 23.4 Å². The number of likely N-dealkylation sites (N-methyl/N-ethyl adjacent to an activating group) is 1. The Morgan fingerprint density at radius 1 is 1.48 bits per heavy atom. The van der Waals surface area contributed by atoms with Gasteiger partial charge in [-0.05, 0) is 32.0 Å². The van der Waals surface area contributed by atoms with Crippen LogP contribution in [-0.4, -0.2) is 31.9 Å². The summed E-state index contributed by atoms with van der Waals surface area (Å²) in [5.41, 5.74) is 0.513. The normalized spacial score (nSPS) is 13.3. The second kappa shape index (κ2) is 6.27. The number of nitrogens with zero attached hydrogens (tertiary/aromatic N) is 1. The highest BCUT2D eigenvalue weighted by atomic mass is 35.5. The second-order valence-corrected chi connectivity index (χ2v) is 7.73. The summed E-state index contributed by atoms with van der Waals surface area (Å²) in [6.07, 6.45) is 0. The van der Waals surface area contributed by atoms with E-state index in [4.69, 9.17) is 11.6 Å². The number of hydrogen-bond donors (Lipinski definition) is 2. The Morgan fingerprint density at radius 2 is 2.19 bits per heavy atom. The summed E-state index contributed by atoms with van der Waals surface area (Å²) in [5.74, 6) is -0.372. The molecular weight excluding hydrogens is 334 g/mol. The Morgan fingerprint density at radius 3 is 2.86 bits per heavy atom. The molecule has 0 aliphatic rings. The van der Waals surface area contributed by atoms with Crippen molar-refractivity contribution in [2.24, 2.45) is 0 Å². The third-order valence-corrected chi connectivity index (χ3v) is 5.97. The van der Waals surface area contributed by atoms with Crippen molar-refractivity contribution in [1.29, 1.82) is 0 Å². The first-order chi connectivity index (χ1) is 9.83. The zero-order valence-electron chi connectivity index (χ0n) is 11.4. The molecule has 0 bridgehead atoms. The summed E-state index contributed by atoms with van der Waals surface area (Å²) in [4.78, 5) is 15.7. The van der Waals surface area contributed by atoms with Crippen LogP contribution in [0.1, 0.15) is 13.8 Å². The number of carbonyl (C=O) groups excluding carboxylic acids is 1. The molecule has 0 spiro atoms. The molecule has 0 saturated carbocycles. The molecule has 9 heteroatoms. The fraction of sp³-hybridized carbons (Fsp3) is 0.333. The van der Waals surface area contributed by atoms with E-state index in [9.17, 15) is 13.2 Å². The van der Waals surface area contributed by atoms with E-state index in [0.717, 1.165) is 11.3 Å². The molecule has 0 aliphatic carbocycles. The van der Waals surface area contributed by atoms with Crippen molar-refractivity contribution in [3.8, 4) is 0 Å². The van der Waals surface area contributed by atoms with Crippen molar-refractivity contribution in [3.63, 3.8) is 0 Å². The summed E-state index contributed by atoms with van der Waals surface area (Å²) in [6, 6.07) is 3.90. The number of thiophene rings is 1. The van der Waals surface area contributed by atoms with E-state index in [2.05, 4.69) is 15.0 Å². The zero-order valence-corrected chi connectivity index (χ0v) is 13.8. The molecule has 2 N–H and O–H groups in total. The average Bonchev–Trinajstić information content (AvgIpc) is 2.82. The summed E-state index contributed by atoms with van der Waals surface area (Å²) < 4.78 is 27.7. The molecule has 21 heavy (non-hydrogen) atoms. The number of pyridine rings is 1. The Kier molecular flexibility index (Phi) is 4.82. The third kappa shape index (κ3) is 3.70. The Balaban J connectivity index is 2.27. The van der Waals surface area contributed by atoms with E-state index in [0.29, 0.717) is 21.9 Å². The lowest BCUT2D eigenvalue weighted by molar-refractivity contribution is -0.122. The molecule has 2 aromatic rings. The van der Waals surface area contributed by atoms with Crippen LogP contribution in [0.3, 0.4) is 0 Å².